The third-order valence-corrected chi connectivity index (χ3v) is 12.1. The molecule has 1 heterocycles. The van der Waals surface area contributed by atoms with Gasteiger partial charge in [-0.2, -0.15) is 0 Å². The summed E-state index contributed by atoms with van der Waals surface area (Å²) in [5.41, 5.74) is 15.1. The molecule has 2 heteroatoms. The van der Waals surface area contributed by atoms with Crippen molar-refractivity contribution in [1.82, 2.24) is 9.97 Å². The van der Waals surface area contributed by atoms with Gasteiger partial charge in [0.2, 0.25) is 0 Å². The predicted molar refractivity (Wildman–Crippen MR) is 239 cm³/mol. The molecule has 0 N–H and O–H groups in total. The molecule has 0 unspecified atom stereocenters. The molecule has 57 heavy (non-hydrogen) atoms. The number of benzene rings is 9. The first-order valence-electron chi connectivity index (χ1n) is 19.7. The van der Waals surface area contributed by atoms with Crippen LogP contribution >= 0.6 is 0 Å². The maximum atomic E-state index is 5.31. The Morgan fingerprint density at radius 3 is 1.61 bits per heavy atom. The molecule has 1 aliphatic carbocycles. The van der Waals surface area contributed by atoms with E-state index in [0.717, 1.165) is 33.5 Å². The van der Waals surface area contributed by atoms with Gasteiger partial charge in [0, 0.05) is 22.1 Å². The smallest absolute Gasteiger partial charge is 0.161 e. The van der Waals surface area contributed by atoms with Gasteiger partial charge in [0.25, 0.3) is 0 Å². The third kappa shape index (κ3) is 5.40. The van der Waals surface area contributed by atoms with Crippen molar-refractivity contribution < 1.29 is 0 Å². The van der Waals surface area contributed by atoms with Gasteiger partial charge >= 0.3 is 0 Å². The Kier molecular flexibility index (Phi) is 7.55. The van der Waals surface area contributed by atoms with Crippen molar-refractivity contribution >= 4 is 32.3 Å². The fourth-order valence-corrected chi connectivity index (χ4v) is 9.30. The summed E-state index contributed by atoms with van der Waals surface area (Å²) in [5.74, 6) is 0.712. The second kappa shape index (κ2) is 13.0. The molecule has 1 aliphatic rings. The molecule has 11 rings (SSSR count). The second-order valence-corrected chi connectivity index (χ2v) is 15.7. The normalized spacial score (nSPS) is 12.9. The maximum Gasteiger partial charge on any atom is 0.161 e. The van der Waals surface area contributed by atoms with Crippen molar-refractivity contribution in [2.75, 3.05) is 0 Å². The Labute approximate surface area is 332 Å². The number of aromatic nitrogens is 2. The highest BCUT2D eigenvalue weighted by Gasteiger charge is 2.37. The highest BCUT2D eigenvalue weighted by atomic mass is 14.9. The minimum atomic E-state index is -0.0922. The van der Waals surface area contributed by atoms with Crippen LogP contribution in [0.4, 0.5) is 0 Å². The highest BCUT2D eigenvalue weighted by molar-refractivity contribution is 6.06. The van der Waals surface area contributed by atoms with Crippen LogP contribution in [-0.4, -0.2) is 9.97 Å². The Bertz CT molecular complexity index is 3190. The zero-order valence-corrected chi connectivity index (χ0v) is 31.9. The van der Waals surface area contributed by atoms with Crippen LogP contribution in [0.5, 0.6) is 0 Å². The lowest BCUT2D eigenvalue weighted by Crippen LogP contribution is -2.15. The standard InChI is InChI=1S/C55H38N2/c1-55(2)50-32-28-40(33-49(50)47-29-27-36-14-7-9-19-44(36)53(47)55)43-30-31-48(46-21-11-10-20-45(43)46)54-56-51(38-15-4-3-5-16-38)34-52(57-54)39-25-23-37(24-26-39)42-22-12-17-35-13-6-8-18-41(35)42/h3-34H,1-2H3. The minimum Gasteiger partial charge on any atom is -0.228 e. The molecule has 0 aliphatic heterocycles. The van der Waals surface area contributed by atoms with Crippen molar-refractivity contribution in [2.24, 2.45) is 0 Å². The van der Waals surface area contributed by atoms with E-state index >= 15 is 0 Å². The highest BCUT2D eigenvalue weighted by Crippen LogP contribution is 2.52. The fourth-order valence-electron chi connectivity index (χ4n) is 9.30. The Morgan fingerprint density at radius 2 is 0.860 bits per heavy atom. The number of hydrogen-bond donors (Lipinski definition) is 0. The second-order valence-electron chi connectivity index (χ2n) is 15.7. The van der Waals surface area contributed by atoms with E-state index in [1.807, 2.05) is 6.07 Å². The SMILES string of the molecule is CC1(C)c2ccc(-c3ccc(-c4nc(-c5ccccc5)cc(-c5ccc(-c6cccc7ccccc67)cc5)n4)c4ccccc34)cc2-c2ccc3ccccc3c21. The number of hydrogen-bond acceptors (Lipinski definition) is 2. The van der Waals surface area contributed by atoms with Crippen molar-refractivity contribution in [3.8, 4) is 67.3 Å². The minimum absolute atomic E-state index is 0.0922. The van der Waals surface area contributed by atoms with E-state index in [9.17, 15) is 0 Å². The predicted octanol–water partition coefficient (Wildman–Crippen LogP) is 14.6. The van der Waals surface area contributed by atoms with Crippen LogP contribution in [0.2, 0.25) is 0 Å². The molecule has 2 nitrogen and oxygen atoms in total. The topological polar surface area (TPSA) is 25.8 Å². The summed E-state index contributed by atoms with van der Waals surface area (Å²) >= 11 is 0. The first kappa shape index (κ1) is 33.2. The lowest BCUT2D eigenvalue weighted by molar-refractivity contribution is 0.666. The molecule has 268 valence electrons. The van der Waals surface area contributed by atoms with Crippen molar-refractivity contribution in [1.29, 1.82) is 0 Å². The molecule has 0 fully saturated rings. The van der Waals surface area contributed by atoms with E-state index < -0.39 is 0 Å². The van der Waals surface area contributed by atoms with Crippen LogP contribution in [-0.2, 0) is 5.41 Å². The van der Waals surface area contributed by atoms with E-state index in [2.05, 4.69) is 202 Å². The molecule has 1 aromatic heterocycles. The molecule has 0 atom stereocenters. The third-order valence-electron chi connectivity index (χ3n) is 12.1. The zero-order valence-electron chi connectivity index (χ0n) is 31.9. The zero-order chi connectivity index (χ0) is 38.1. The van der Waals surface area contributed by atoms with Crippen LogP contribution < -0.4 is 0 Å². The number of nitrogens with zero attached hydrogens (tertiary/aromatic N) is 2. The molecule has 0 radical (unpaired) electrons. The lowest BCUT2D eigenvalue weighted by Gasteiger charge is -2.23. The average molecular weight is 727 g/mol. The monoisotopic (exact) mass is 726 g/mol. The van der Waals surface area contributed by atoms with E-state index in [4.69, 9.17) is 9.97 Å². The molecule has 0 saturated carbocycles. The van der Waals surface area contributed by atoms with Gasteiger partial charge in [0.15, 0.2) is 5.82 Å². The number of rotatable bonds is 5. The van der Waals surface area contributed by atoms with Crippen LogP contribution in [0.15, 0.2) is 194 Å². The first-order valence-corrected chi connectivity index (χ1v) is 19.7. The van der Waals surface area contributed by atoms with Gasteiger partial charge in [-0.25, -0.2) is 9.97 Å². The molecule has 0 bridgehead atoms. The fraction of sp³-hybridized carbons (Fsp3) is 0.0545. The van der Waals surface area contributed by atoms with E-state index in [-0.39, 0.29) is 5.41 Å². The van der Waals surface area contributed by atoms with Gasteiger partial charge in [0.05, 0.1) is 11.4 Å². The molecule has 0 amide bonds. The van der Waals surface area contributed by atoms with Gasteiger partial charge in [-0.3, -0.25) is 0 Å². The summed E-state index contributed by atoms with van der Waals surface area (Å²) in [6, 6.07) is 70.1. The average Bonchev–Trinajstić information content (AvgIpc) is 3.51. The molecule has 9 aromatic carbocycles. The summed E-state index contributed by atoms with van der Waals surface area (Å²) < 4.78 is 0. The maximum absolute atomic E-state index is 5.31. The van der Waals surface area contributed by atoms with Crippen molar-refractivity contribution in [3.63, 3.8) is 0 Å². The van der Waals surface area contributed by atoms with Crippen LogP contribution in [0.1, 0.15) is 25.0 Å². The molecule has 0 saturated heterocycles. The molecule has 10 aromatic rings. The van der Waals surface area contributed by atoms with Gasteiger partial charge in [0.1, 0.15) is 0 Å². The van der Waals surface area contributed by atoms with Crippen LogP contribution in [0.25, 0.3) is 99.6 Å². The van der Waals surface area contributed by atoms with Gasteiger partial charge in [-0.05, 0) is 95.0 Å². The Morgan fingerprint density at radius 1 is 0.333 bits per heavy atom. The Balaban J connectivity index is 1.04. The largest absolute Gasteiger partial charge is 0.228 e. The van der Waals surface area contributed by atoms with Gasteiger partial charge in [-0.15, -0.1) is 0 Å². The van der Waals surface area contributed by atoms with E-state index in [0.29, 0.717) is 5.82 Å². The van der Waals surface area contributed by atoms with Crippen LogP contribution in [0, 0.1) is 0 Å². The summed E-state index contributed by atoms with van der Waals surface area (Å²) in [7, 11) is 0. The summed E-state index contributed by atoms with van der Waals surface area (Å²) in [5, 5.41) is 7.43. The summed E-state index contributed by atoms with van der Waals surface area (Å²) in [6.45, 7) is 4.73. The van der Waals surface area contributed by atoms with Crippen LogP contribution in [0.3, 0.4) is 0 Å². The lowest BCUT2D eigenvalue weighted by atomic mass is 9.80. The first-order chi connectivity index (χ1) is 28.0. The molecular weight excluding hydrogens is 689 g/mol. The van der Waals surface area contributed by atoms with Gasteiger partial charge < -0.3 is 0 Å². The number of fused-ring (bicyclic) bond motifs is 7. The van der Waals surface area contributed by atoms with Gasteiger partial charge in [-0.1, -0.05) is 190 Å². The molecular formula is C55H38N2. The van der Waals surface area contributed by atoms with Crippen molar-refractivity contribution in [2.45, 2.75) is 19.3 Å². The Hall–Kier alpha value is -7.16. The summed E-state index contributed by atoms with van der Waals surface area (Å²) in [4.78, 5) is 10.6. The van der Waals surface area contributed by atoms with E-state index in [1.165, 1.54) is 71.4 Å². The van der Waals surface area contributed by atoms with Crippen molar-refractivity contribution in [3.05, 3.63) is 205 Å². The summed E-state index contributed by atoms with van der Waals surface area (Å²) in [6.07, 6.45) is 0. The quantitative estimate of drug-likeness (QED) is 0.176. The molecule has 0 spiro atoms. The van der Waals surface area contributed by atoms with E-state index in [1.54, 1.807) is 0 Å².